The fraction of sp³-hybridized carbons (Fsp3) is 0.0185. The maximum atomic E-state index is 6.53. The maximum absolute atomic E-state index is 6.53. The van der Waals surface area contributed by atoms with Crippen LogP contribution in [0.4, 0.5) is 11.4 Å². The highest BCUT2D eigenvalue weighted by Gasteiger charge is 2.31. The number of fused-ring (bicyclic) bond motifs is 11. The van der Waals surface area contributed by atoms with Gasteiger partial charge >= 0.3 is 0 Å². The zero-order chi connectivity index (χ0) is 39.5. The van der Waals surface area contributed by atoms with Gasteiger partial charge in [0.05, 0.1) is 27.8 Å². The predicted molar refractivity (Wildman–Crippen MR) is 252 cm³/mol. The second-order valence-corrected chi connectivity index (χ2v) is 16.1. The van der Waals surface area contributed by atoms with Crippen molar-refractivity contribution in [3.8, 4) is 34.0 Å². The molecule has 0 spiro atoms. The number of aryl methyl sites for hydroxylation is 1. The van der Waals surface area contributed by atoms with Gasteiger partial charge in [0.15, 0.2) is 12.9 Å². The molecule has 0 aliphatic carbocycles. The number of anilines is 2. The number of rotatable bonds is 5. The number of nitrogens with zero attached hydrogens (tertiary/aromatic N) is 3. The molecule has 0 saturated carbocycles. The van der Waals surface area contributed by atoms with Gasteiger partial charge in [-0.25, -0.2) is 4.98 Å². The van der Waals surface area contributed by atoms with E-state index in [9.17, 15) is 0 Å². The van der Waals surface area contributed by atoms with Crippen LogP contribution in [0.1, 0.15) is 5.56 Å². The topological polar surface area (TPSA) is 47.9 Å². The molecule has 3 aromatic heterocycles. The molecular formula is C54H35BN4O. The molecule has 6 heteroatoms. The Labute approximate surface area is 346 Å². The van der Waals surface area contributed by atoms with E-state index in [4.69, 9.17) is 9.40 Å². The first kappa shape index (κ1) is 33.2. The fourth-order valence-electron chi connectivity index (χ4n) is 9.92. The van der Waals surface area contributed by atoms with Crippen molar-refractivity contribution in [3.63, 3.8) is 0 Å². The molecule has 13 rings (SSSR count). The molecule has 0 saturated heterocycles. The van der Waals surface area contributed by atoms with Crippen molar-refractivity contribution in [2.24, 2.45) is 0 Å². The number of hydrogen-bond donors (Lipinski definition) is 1. The summed E-state index contributed by atoms with van der Waals surface area (Å²) in [6.07, 6.45) is 0. The van der Waals surface area contributed by atoms with Crippen LogP contribution in [-0.4, -0.2) is 21.4 Å². The minimum atomic E-state index is 0.629. The van der Waals surface area contributed by atoms with Gasteiger partial charge in [-0.15, -0.1) is 0 Å². The Hall–Kier alpha value is -7.83. The van der Waals surface area contributed by atoms with Gasteiger partial charge in [0.2, 0.25) is 5.89 Å². The number of benzene rings is 9. The third-order valence-electron chi connectivity index (χ3n) is 12.6. The zero-order valence-corrected chi connectivity index (χ0v) is 32.8. The van der Waals surface area contributed by atoms with Crippen LogP contribution >= 0.6 is 0 Å². The summed E-state index contributed by atoms with van der Waals surface area (Å²) in [5.41, 5.74) is 17.8. The molecule has 0 fully saturated rings. The molecule has 1 aliphatic heterocycles. The summed E-state index contributed by atoms with van der Waals surface area (Å²) in [6, 6.07) is 65.7. The van der Waals surface area contributed by atoms with Crippen LogP contribution in [0.2, 0.25) is 0 Å². The number of nitrogens with one attached hydrogen (secondary N) is 1. The van der Waals surface area contributed by atoms with Gasteiger partial charge in [0.1, 0.15) is 5.52 Å². The van der Waals surface area contributed by atoms with Crippen LogP contribution in [0.15, 0.2) is 186 Å². The lowest BCUT2D eigenvalue weighted by molar-refractivity contribution is 0.620. The van der Waals surface area contributed by atoms with E-state index in [1.54, 1.807) is 0 Å². The minimum absolute atomic E-state index is 0.629. The van der Waals surface area contributed by atoms with Crippen LogP contribution in [0, 0.1) is 6.92 Å². The summed E-state index contributed by atoms with van der Waals surface area (Å²) in [7, 11) is 0.721. The monoisotopic (exact) mass is 766 g/mol. The van der Waals surface area contributed by atoms with Crippen molar-refractivity contribution in [2.45, 2.75) is 6.92 Å². The lowest BCUT2D eigenvalue weighted by Gasteiger charge is -2.25. The van der Waals surface area contributed by atoms with Crippen LogP contribution in [-0.2, 0) is 0 Å². The smallest absolute Gasteiger partial charge is 0.227 e. The van der Waals surface area contributed by atoms with Crippen molar-refractivity contribution >= 4 is 95.1 Å². The van der Waals surface area contributed by atoms with Gasteiger partial charge in [0, 0.05) is 49.7 Å². The van der Waals surface area contributed by atoms with E-state index in [0.29, 0.717) is 5.89 Å². The largest absolute Gasteiger partial charge is 0.436 e. The lowest BCUT2D eigenvalue weighted by atomic mass is 9.59. The Morgan fingerprint density at radius 2 is 1.25 bits per heavy atom. The second-order valence-electron chi connectivity index (χ2n) is 16.1. The quantitative estimate of drug-likeness (QED) is 0.178. The van der Waals surface area contributed by atoms with Crippen LogP contribution < -0.4 is 16.2 Å². The highest BCUT2D eigenvalue weighted by atomic mass is 16.3. The number of hydrogen-bond acceptors (Lipinski definition) is 3. The summed E-state index contributed by atoms with van der Waals surface area (Å²) in [5.74, 6) is 0.629. The Morgan fingerprint density at radius 1 is 0.550 bits per heavy atom. The number of aromatic nitrogens is 3. The summed E-state index contributed by atoms with van der Waals surface area (Å²) >= 11 is 0. The van der Waals surface area contributed by atoms with Gasteiger partial charge in [-0.1, -0.05) is 126 Å². The molecular weight excluding hydrogens is 731 g/mol. The average Bonchev–Trinajstić information content (AvgIpc) is 3.98. The minimum Gasteiger partial charge on any atom is -0.436 e. The zero-order valence-electron chi connectivity index (χ0n) is 32.8. The van der Waals surface area contributed by atoms with Crippen molar-refractivity contribution < 1.29 is 4.42 Å². The highest BCUT2D eigenvalue weighted by molar-refractivity contribution is 6.74. The standard InChI is InChI=1S/C54H35BN4O/c1-32-23-26-35(27-24-32)56-42-20-10-7-17-37(42)40-29-48(58-44-21-11-8-18-38(44)39-19-9-12-22-45(39)58)51-50-36-16-6-5-13-33(36)25-28-46(50)59-47-31-43-49(30-41(47)55-52(40)53(51)59)60-54(57-43)34-14-3-2-4-15-34/h2-31,55-56H,1H3. The van der Waals surface area contributed by atoms with Gasteiger partial charge in [-0.05, 0) is 95.5 Å². The van der Waals surface area contributed by atoms with E-state index in [1.807, 2.05) is 18.2 Å². The molecule has 280 valence electrons. The van der Waals surface area contributed by atoms with Crippen molar-refractivity contribution in [1.82, 2.24) is 14.1 Å². The van der Waals surface area contributed by atoms with Gasteiger partial charge in [-0.2, -0.15) is 0 Å². The third-order valence-corrected chi connectivity index (χ3v) is 12.6. The predicted octanol–water partition coefficient (Wildman–Crippen LogP) is 12.3. The van der Waals surface area contributed by atoms with E-state index >= 15 is 0 Å². The third kappa shape index (κ3) is 4.79. The first-order chi connectivity index (χ1) is 29.7. The molecule has 0 bridgehead atoms. The van der Waals surface area contributed by atoms with Crippen LogP contribution in [0.25, 0.3) is 99.4 Å². The highest BCUT2D eigenvalue weighted by Crippen LogP contribution is 2.45. The van der Waals surface area contributed by atoms with Gasteiger partial charge in [0.25, 0.3) is 0 Å². The SMILES string of the molecule is Cc1ccc(Nc2ccccc2-c2cc(-n3c4ccccc4c4ccccc43)c3c4c5ccccc5ccc4n4c3c2Bc2cc3oc(-c5ccccc5)nc3cc2-4)cc1. The van der Waals surface area contributed by atoms with E-state index in [-0.39, 0.29) is 0 Å². The second kappa shape index (κ2) is 12.6. The Kier molecular flexibility index (Phi) is 6.96. The van der Waals surface area contributed by atoms with E-state index in [1.165, 1.54) is 76.4 Å². The molecule has 0 unspecified atom stereocenters. The molecule has 1 aliphatic rings. The molecule has 4 heterocycles. The fourth-order valence-corrected chi connectivity index (χ4v) is 9.92. The van der Waals surface area contributed by atoms with Crippen molar-refractivity contribution in [3.05, 3.63) is 188 Å². The van der Waals surface area contributed by atoms with Gasteiger partial charge in [-0.3, -0.25) is 0 Å². The van der Waals surface area contributed by atoms with E-state index in [0.717, 1.165) is 52.3 Å². The van der Waals surface area contributed by atoms with E-state index < -0.39 is 0 Å². The van der Waals surface area contributed by atoms with Gasteiger partial charge < -0.3 is 18.9 Å². The Balaban J connectivity index is 1.20. The molecule has 0 amide bonds. The average molecular weight is 767 g/mol. The molecule has 0 radical (unpaired) electrons. The number of oxazole rings is 1. The summed E-state index contributed by atoms with van der Waals surface area (Å²) < 4.78 is 11.6. The summed E-state index contributed by atoms with van der Waals surface area (Å²) in [5, 5.41) is 11.2. The first-order valence-electron chi connectivity index (χ1n) is 20.6. The molecule has 60 heavy (non-hydrogen) atoms. The lowest BCUT2D eigenvalue weighted by Crippen LogP contribution is -2.37. The van der Waals surface area contributed by atoms with Crippen molar-refractivity contribution in [2.75, 3.05) is 5.32 Å². The normalized spacial score (nSPS) is 12.2. The number of para-hydroxylation sites is 3. The van der Waals surface area contributed by atoms with Crippen LogP contribution in [0.5, 0.6) is 0 Å². The summed E-state index contributed by atoms with van der Waals surface area (Å²) in [4.78, 5) is 5.08. The Morgan fingerprint density at radius 3 is 2.05 bits per heavy atom. The molecule has 9 aromatic carbocycles. The van der Waals surface area contributed by atoms with E-state index in [2.05, 4.69) is 185 Å². The van der Waals surface area contributed by atoms with Crippen LogP contribution in [0.3, 0.4) is 0 Å². The Bertz CT molecular complexity index is 3670. The van der Waals surface area contributed by atoms with Crippen molar-refractivity contribution in [1.29, 1.82) is 0 Å². The molecule has 12 aromatic rings. The first-order valence-corrected chi connectivity index (χ1v) is 20.6. The molecule has 1 N–H and O–H groups in total. The maximum Gasteiger partial charge on any atom is 0.227 e. The molecule has 0 atom stereocenters. The summed E-state index contributed by atoms with van der Waals surface area (Å²) in [6.45, 7) is 2.13. The molecule has 5 nitrogen and oxygen atoms in total.